The first-order valence-corrected chi connectivity index (χ1v) is 10.3. The molecule has 0 spiro atoms. The van der Waals surface area contributed by atoms with E-state index in [-0.39, 0.29) is 53.1 Å². The maximum Gasteiger partial charge on any atom is 0.191 e. The molecule has 1 atom stereocenters. The van der Waals surface area contributed by atoms with E-state index >= 15 is 0 Å². The topological polar surface area (TPSA) is 79.8 Å². The number of nitrogens with zero attached hydrogens (tertiary/aromatic N) is 1. The molecule has 2 N–H and O–H groups in total. The molecule has 0 saturated carbocycles. The summed E-state index contributed by atoms with van der Waals surface area (Å²) in [5.74, 6) is -0.657. The zero-order valence-electron chi connectivity index (χ0n) is 16.1. The van der Waals surface area contributed by atoms with Crippen molar-refractivity contribution in [2.45, 2.75) is 17.9 Å². The average molecular weight is 539 g/mol. The second-order valence-electron chi connectivity index (χ2n) is 6.02. The van der Waals surface area contributed by atoms with E-state index in [1.807, 2.05) is 0 Å². The van der Waals surface area contributed by atoms with Gasteiger partial charge in [0, 0.05) is 19.7 Å². The van der Waals surface area contributed by atoms with Crippen molar-refractivity contribution in [2.24, 2.45) is 4.99 Å². The second kappa shape index (κ2) is 11.9. The molecule has 10 heteroatoms. The monoisotopic (exact) mass is 539 g/mol. The molecule has 6 nitrogen and oxygen atoms in total. The van der Waals surface area contributed by atoms with E-state index in [4.69, 9.17) is 4.74 Å². The molecule has 2 aromatic carbocycles. The van der Waals surface area contributed by atoms with Gasteiger partial charge in [-0.15, -0.1) is 24.0 Å². The summed E-state index contributed by atoms with van der Waals surface area (Å²) in [5, 5.41) is 5.86. The van der Waals surface area contributed by atoms with Crippen molar-refractivity contribution < 1.29 is 21.9 Å². The van der Waals surface area contributed by atoms with Gasteiger partial charge < -0.3 is 15.4 Å². The lowest BCUT2D eigenvalue weighted by Crippen LogP contribution is -2.43. The minimum atomic E-state index is -3.75. The van der Waals surface area contributed by atoms with Gasteiger partial charge in [0.15, 0.2) is 15.8 Å². The molecule has 0 amide bonds. The SMILES string of the molecule is CN=C(NCCS(=O)(=O)c1ccccc1F)NCC(C)Oc1cccc(F)c1.I. The van der Waals surface area contributed by atoms with Crippen molar-refractivity contribution in [2.75, 3.05) is 25.9 Å². The summed E-state index contributed by atoms with van der Waals surface area (Å²) >= 11 is 0. The van der Waals surface area contributed by atoms with Crippen molar-refractivity contribution in [1.29, 1.82) is 0 Å². The zero-order valence-corrected chi connectivity index (χ0v) is 19.2. The lowest BCUT2D eigenvalue weighted by Gasteiger charge is -2.18. The molecule has 0 aromatic heterocycles. The Morgan fingerprint density at radius 1 is 1.14 bits per heavy atom. The number of halogens is 3. The van der Waals surface area contributed by atoms with Gasteiger partial charge in [0.25, 0.3) is 0 Å². The maximum atomic E-state index is 13.7. The first-order chi connectivity index (χ1) is 13.3. The number of hydrogen-bond acceptors (Lipinski definition) is 4. The molecule has 0 aliphatic heterocycles. The number of nitrogens with one attached hydrogen (secondary N) is 2. The summed E-state index contributed by atoms with van der Waals surface area (Å²) < 4.78 is 56.9. The fourth-order valence-electron chi connectivity index (χ4n) is 2.39. The normalized spacial score (nSPS) is 12.6. The number of ether oxygens (including phenoxy) is 1. The summed E-state index contributed by atoms with van der Waals surface area (Å²) in [6.45, 7) is 2.21. The number of sulfone groups is 1. The highest BCUT2D eigenvalue weighted by molar-refractivity contribution is 14.0. The molecule has 0 saturated heterocycles. The van der Waals surface area contributed by atoms with Gasteiger partial charge in [-0.25, -0.2) is 17.2 Å². The molecule has 160 valence electrons. The van der Waals surface area contributed by atoms with Crippen LogP contribution in [0.3, 0.4) is 0 Å². The van der Waals surface area contributed by atoms with Crippen LogP contribution in [-0.2, 0) is 9.84 Å². The van der Waals surface area contributed by atoms with E-state index < -0.39 is 15.7 Å². The van der Waals surface area contributed by atoms with E-state index in [0.29, 0.717) is 18.3 Å². The summed E-state index contributed by atoms with van der Waals surface area (Å²) in [5.41, 5.74) is 0. The first-order valence-electron chi connectivity index (χ1n) is 8.66. The van der Waals surface area contributed by atoms with Gasteiger partial charge in [-0.2, -0.15) is 0 Å². The molecule has 0 aliphatic carbocycles. The molecule has 0 radical (unpaired) electrons. The van der Waals surface area contributed by atoms with E-state index in [2.05, 4.69) is 15.6 Å². The van der Waals surface area contributed by atoms with Crippen LogP contribution in [0.2, 0.25) is 0 Å². The molecule has 0 fully saturated rings. The van der Waals surface area contributed by atoms with Gasteiger partial charge in [-0.1, -0.05) is 18.2 Å². The van der Waals surface area contributed by atoms with E-state index in [0.717, 1.165) is 6.07 Å². The van der Waals surface area contributed by atoms with Crippen LogP contribution in [0, 0.1) is 11.6 Å². The Labute approximate surface area is 186 Å². The fourth-order valence-corrected chi connectivity index (χ4v) is 3.63. The van der Waals surface area contributed by atoms with Crippen molar-refractivity contribution >= 4 is 39.8 Å². The Morgan fingerprint density at radius 2 is 1.86 bits per heavy atom. The molecule has 29 heavy (non-hydrogen) atoms. The minimum absolute atomic E-state index is 0. The number of benzene rings is 2. The van der Waals surface area contributed by atoms with Crippen LogP contribution in [0.4, 0.5) is 8.78 Å². The van der Waals surface area contributed by atoms with Crippen LogP contribution < -0.4 is 15.4 Å². The Kier molecular flexibility index (Phi) is 10.3. The Morgan fingerprint density at radius 3 is 2.52 bits per heavy atom. The van der Waals surface area contributed by atoms with Crippen molar-refractivity contribution in [3.8, 4) is 5.75 Å². The second-order valence-corrected chi connectivity index (χ2v) is 8.09. The van der Waals surface area contributed by atoms with Crippen LogP contribution >= 0.6 is 24.0 Å². The van der Waals surface area contributed by atoms with E-state index in [1.165, 1.54) is 30.3 Å². The van der Waals surface area contributed by atoms with Crippen molar-refractivity contribution in [3.05, 3.63) is 60.2 Å². The Hall–Kier alpha value is -1.95. The summed E-state index contributed by atoms with van der Waals surface area (Å²) in [4.78, 5) is 3.68. The van der Waals surface area contributed by atoms with Crippen molar-refractivity contribution in [1.82, 2.24) is 10.6 Å². The van der Waals surface area contributed by atoms with Gasteiger partial charge in [0.2, 0.25) is 0 Å². The van der Waals surface area contributed by atoms with Crippen molar-refractivity contribution in [3.63, 3.8) is 0 Å². The Bertz CT molecular complexity index is 926. The average Bonchev–Trinajstić information content (AvgIpc) is 2.64. The lowest BCUT2D eigenvalue weighted by molar-refractivity contribution is 0.223. The predicted molar refractivity (Wildman–Crippen MR) is 120 cm³/mol. The highest BCUT2D eigenvalue weighted by atomic mass is 127. The third-order valence-corrected chi connectivity index (χ3v) is 5.49. The highest BCUT2D eigenvalue weighted by Gasteiger charge is 2.18. The third kappa shape index (κ3) is 8.13. The molecular formula is C19H24F2IN3O3S. The maximum absolute atomic E-state index is 13.7. The standard InChI is InChI=1S/C19H23F2N3O3S.HI/c1-14(27-16-7-5-6-15(20)12-16)13-24-19(22-2)23-10-11-28(25,26)18-9-4-3-8-17(18)21;/h3-9,12,14H,10-11,13H2,1-2H3,(H2,22,23,24);1H. The quantitative estimate of drug-likeness (QED) is 0.307. The van der Waals surface area contributed by atoms with Crippen LogP contribution in [0.1, 0.15) is 6.92 Å². The van der Waals surface area contributed by atoms with Crippen LogP contribution in [0.5, 0.6) is 5.75 Å². The molecule has 0 heterocycles. The van der Waals surface area contributed by atoms with Crippen LogP contribution in [0.15, 0.2) is 58.4 Å². The smallest absolute Gasteiger partial charge is 0.191 e. The minimum Gasteiger partial charge on any atom is -0.489 e. The summed E-state index contributed by atoms with van der Waals surface area (Å²) in [6.07, 6.45) is -0.289. The highest BCUT2D eigenvalue weighted by Crippen LogP contribution is 2.15. The lowest BCUT2D eigenvalue weighted by atomic mass is 10.3. The van der Waals surface area contributed by atoms with Gasteiger partial charge in [-0.05, 0) is 31.2 Å². The van der Waals surface area contributed by atoms with Crippen LogP contribution in [-0.4, -0.2) is 46.4 Å². The third-order valence-electron chi connectivity index (χ3n) is 3.75. The summed E-state index contributed by atoms with van der Waals surface area (Å²) in [6, 6.07) is 11.1. The fraction of sp³-hybridized carbons (Fsp3) is 0.316. The predicted octanol–water partition coefficient (Wildman–Crippen LogP) is 2.99. The number of guanidine groups is 1. The summed E-state index contributed by atoms with van der Waals surface area (Å²) in [7, 11) is -2.21. The zero-order chi connectivity index (χ0) is 20.6. The Balaban J connectivity index is 0.00000420. The van der Waals surface area contributed by atoms with Gasteiger partial charge in [0.05, 0.1) is 12.3 Å². The number of hydrogen-bond donors (Lipinski definition) is 2. The molecule has 0 bridgehead atoms. The molecule has 0 aliphatic rings. The molecule has 2 rings (SSSR count). The first kappa shape index (κ1) is 25.1. The van der Waals surface area contributed by atoms with E-state index in [9.17, 15) is 17.2 Å². The molecular weight excluding hydrogens is 515 g/mol. The van der Waals surface area contributed by atoms with Crippen LogP contribution in [0.25, 0.3) is 0 Å². The molecule has 1 unspecified atom stereocenters. The largest absolute Gasteiger partial charge is 0.489 e. The number of aliphatic imine (C=N–C) groups is 1. The number of rotatable bonds is 8. The van der Waals surface area contributed by atoms with Gasteiger partial charge in [-0.3, -0.25) is 4.99 Å². The van der Waals surface area contributed by atoms with Gasteiger partial charge in [0.1, 0.15) is 28.4 Å². The van der Waals surface area contributed by atoms with Gasteiger partial charge >= 0.3 is 0 Å². The molecule has 2 aromatic rings. The van der Waals surface area contributed by atoms with E-state index in [1.54, 1.807) is 26.1 Å².